The minimum atomic E-state index is -2.80. The second kappa shape index (κ2) is 6.07. The van der Waals surface area contributed by atoms with Gasteiger partial charge in [-0.15, -0.1) is 11.3 Å². The molecule has 0 radical (unpaired) electrons. The van der Waals surface area contributed by atoms with Gasteiger partial charge in [-0.05, 0) is 47.7 Å². The van der Waals surface area contributed by atoms with E-state index in [-0.39, 0.29) is 12.0 Å². The van der Waals surface area contributed by atoms with Crippen molar-refractivity contribution in [1.29, 1.82) is 0 Å². The SMILES string of the molecule is CCNC(CC1CCS(=O)(=O)C1)c1cccc2ccsc12. The molecule has 0 spiro atoms. The molecule has 0 saturated carbocycles. The highest BCUT2D eigenvalue weighted by Gasteiger charge is 2.30. The zero-order valence-corrected chi connectivity index (χ0v) is 13.8. The van der Waals surface area contributed by atoms with Gasteiger partial charge in [0.15, 0.2) is 9.84 Å². The average molecular weight is 323 g/mol. The number of nitrogens with one attached hydrogen (secondary N) is 1. The average Bonchev–Trinajstić information content (AvgIpc) is 3.04. The smallest absolute Gasteiger partial charge is 0.150 e. The molecule has 3 rings (SSSR count). The van der Waals surface area contributed by atoms with Gasteiger partial charge in [0.1, 0.15) is 0 Å². The van der Waals surface area contributed by atoms with Crippen molar-refractivity contribution in [2.45, 2.75) is 25.8 Å². The Balaban J connectivity index is 1.86. The molecule has 1 aromatic heterocycles. The topological polar surface area (TPSA) is 46.2 Å². The van der Waals surface area contributed by atoms with E-state index in [1.807, 2.05) is 0 Å². The molecule has 0 aliphatic carbocycles. The lowest BCUT2D eigenvalue weighted by molar-refractivity contribution is 0.424. The molecule has 1 fully saturated rings. The predicted molar refractivity (Wildman–Crippen MR) is 89.6 cm³/mol. The molecule has 2 heterocycles. The first-order valence-corrected chi connectivity index (χ1v) is 10.2. The fourth-order valence-electron chi connectivity index (χ4n) is 3.25. The lowest BCUT2D eigenvalue weighted by Gasteiger charge is -2.22. The van der Waals surface area contributed by atoms with Crippen molar-refractivity contribution in [3.8, 4) is 0 Å². The number of hydrogen-bond donors (Lipinski definition) is 1. The molecule has 0 amide bonds. The van der Waals surface area contributed by atoms with Gasteiger partial charge in [-0.25, -0.2) is 8.42 Å². The van der Waals surface area contributed by atoms with E-state index < -0.39 is 9.84 Å². The molecular formula is C16H21NO2S2. The maximum Gasteiger partial charge on any atom is 0.150 e. The summed E-state index contributed by atoms with van der Waals surface area (Å²) in [7, 11) is -2.80. The van der Waals surface area contributed by atoms with Crippen molar-refractivity contribution in [1.82, 2.24) is 5.32 Å². The van der Waals surface area contributed by atoms with E-state index in [9.17, 15) is 8.42 Å². The molecule has 1 saturated heterocycles. The van der Waals surface area contributed by atoms with Crippen LogP contribution in [-0.2, 0) is 9.84 Å². The Labute approximate surface area is 130 Å². The quantitative estimate of drug-likeness (QED) is 0.917. The largest absolute Gasteiger partial charge is 0.310 e. The lowest BCUT2D eigenvalue weighted by atomic mass is 9.93. The highest BCUT2D eigenvalue weighted by Crippen LogP contribution is 2.34. The molecule has 1 N–H and O–H groups in total. The van der Waals surface area contributed by atoms with Gasteiger partial charge in [-0.2, -0.15) is 0 Å². The van der Waals surface area contributed by atoms with Crippen molar-refractivity contribution in [3.63, 3.8) is 0 Å². The van der Waals surface area contributed by atoms with Crippen molar-refractivity contribution in [3.05, 3.63) is 35.2 Å². The molecule has 5 heteroatoms. The van der Waals surface area contributed by atoms with E-state index in [0.29, 0.717) is 11.5 Å². The number of hydrogen-bond acceptors (Lipinski definition) is 4. The van der Waals surface area contributed by atoms with E-state index in [4.69, 9.17) is 0 Å². The number of fused-ring (bicyclic) bond motifs is 1. The number of rotatable bonds is 5. The third-order valence-corrected chi connectivity index (χ3v) is 7.05. The highest BCUT2D eigenvalue weighted by molar-refractivity contribution is 7.91. The summed E-state index contributed by atoms with van der Waals surface area (Å²) in [5.41, 5.74) is 1.31. The van der Waals surface area contributed by atoms with E-state index in [1.165, 1.54) is 15.6 Å². The Morgan fingerprint density at radius 1 is 1.38 bits per heavy atom. The van der Waals surface area contributed by atoms with Crippen LogP contribution in [0.2, 0.25) is 0 Å². The molecule has 114 valence electrons. The summed E-state index contributed by atoms with van der Waals surface area (Å²) < 4.78 is 24.7. The minimum Gasteiger partial charge on any atom is -0.310 e. The second-order valence-corrected chi connectivity index (χ2v) is 8.95. The van der Waals surface area contributed by atoms with Gasteiger partial charge in [0, 0.05) is 10.7 Å². The van der Waals surface area contributed by atoms with Crippen LogP contribution < -0.4 is 5.32 Å². The van der Waals surface area contributed by atoms with Gasteiger partial charge in [0.2, 0.25) is 0 Å². The summed E-state index contributed by atoms with van der Waals surface area (Å²) in [6.07, 6.45) is 1.72. The fourth-order valence-corrected chi connectivity index (χ4v) is 6.10. The third-order valence-electron chi connectivity index (χ3n) is 4.23. The van der Waals surface area contributed by atoms with Crippen LogP contribution in [0.4, 0.5) is 0 Å². The Morgan fingerprint density at radius 2 is 2.24 bits per heavy atom. The fraction of sp³-hybridized carbons (Fsp3) is 0.500. The first-order chi connectivity index (χ1) is 10.1. The molecule has 2 aromatic rings. The monoisotopic (exact) mass is 323 g/mol. The summed E-state index contributed by atoms with van der Waals surface area (Å²) in [5.74, 6) is 1.00. The summed E-state index contributed by atoms with van der Waals surface area (Å²) >= 11 is 1.77. The zero-order chi connectivity index (χ0) is 14.9. The Hall–Kier alpha value is -0.910. The van der Waals surface area contributed by atoms with Gasteiger partial charge >= 0.3 is 0 Å². The van der Waals surface area contributed by atoms with E-state index in [0.717, 1.165) is 19.4 Å². The molecule has 0 bridgehead atoms. The van der Waals surface area contributed by atoms with Crippen LogP contribution in [0.25, 0.3) is 10.1 Å². The maximum absolute atomic E-state index is 11.7. The molecule has 2 atom stereocenters. The summed E-state index contributed by atoms with van der Waals surface area (Å²) in [6.45, 7) is 3.00. The van der Waals surface area contributed by atoms with Gasteiger partial charge in [-0.1, -0.05) is 25.1 Å². The Kier molecular flexibility index (Phi) is 4.33. The Morgan fingerprint density at radius 3 is 2.95 bits per heavy atom. The summed E-state index contributed by atoms with van der Waals surface area (Å²) in [5, 5.41) is 6.95. The molecular weight excluding hydrogens is 302 g/mol. The summed E-state index contributed by atoms with van der Waals surface area (Å²) in [4.78, 5) is 0. The molecule has 2 unspecified atom stereocenters. The lowest BCUT2D eigenvalue weighted by Crippen LogP contribution is -2.24. The number of sulfone groups is 1. The van der Waals surface area contributed by atoms with Crippen LogP contribution >= 0.6 is 11.3 Å². The minimum absolute atomic E-state index is 0.246. The van der Waals surface area contributed by atoms with E-state index in [2.05, 4.69) is 41.9 Å². The third kappa shape index (κ3) is 3.30. The molecule has 1 aliphatic rings. The highest BCUT2D eigenvalue weighted by atomic mass is 32.2. The first-order valence-electron chi connectivity index (χ1n) is 7.49. The van der Waals surface area contributed by atoms with Crippen LogP contribution in [0.15, 0.2) is 29.6 Å². The Bertz CT molecular complexity index is 721. The van der Waals surface area contributed by atoms with Gasteiger partial charge in [0.05, 0.1) is 11.5 Å². The van der Waals surface area contributed by atoms with Crippen LogP contribution in [0, 0.1) is 5.92 Å². The van der Waals surface area contributed by atoms with E-state index >= 15 is 0 Å². The van der Waals surface area contributed by atoms with Crippen molar-refractivity contribution >= 4 is 31.3 Å². The zero-order valence-electron chi connectivity index (χ0n) is 12.2. The predicted octanol–water partition coefficient (Wildman–Crippen LogP) is 3.38. The van der Waals surface area contributed by atoms with Gasteiger partial charge in [-0.3, -0.25) is 0 Å². The van der Waals surface area contributed by atoms with Crippen LogP contribution in [0.1, 0.15) is 31.4 Å². The molecule has 21 heavy (non-hydrogen) atoms. The molecule has 1 aromatic carbocycles. The summed E-state index contributed by atoms with van der Waals surface area (Å²) in [6, 6.07) is 8.80. The van der Waals surface area contributed by atoms with Crippen LogP contribution in [-0.4, -0.2) is 26.5 Å². The first kappa shape index (κ1) is 15.0. The van der Waals surface area contributed by atoms with Gasteiger partial charge < -0.3 is 5.32 Å². The van der Waals surface area contributed by atoms with E-state index in [1.54, 1.807) is 11.3 Å². The maximum atomic E-state index is 11.7. The van der Waals surface area contributed by atoms with Crippen molar-refractivity contribution in [2.24, 2.45) is 5.92 Å². The number of benzene rings is 1. The van der Waals surface area contributed by atoms with Crippen molar-refractivity contribution < 1.29 is 8.42 Å². The van der Waals surface area contributed by atoms with Crippen LogP contribution in [0.5, 0.6) is 0 Å². The van der Waals surface area contributed by atoms with Crippen molar-refractivity contribution in [2.75, 3.05) is 18.1 Å². The number of thiophene rings is 1. The molecule has 1 aliphatic heterocycles. The van der Waals surface area contributed by atoms with Crippen LogP contribution in [0.3, 0.4) is 0 Å². The van der Waals surface area contributed by atoms with Gasteiger partial charge in [0.25, 0.3) is 0 Å². The normalized spacial score (nSPS) is 22.6. The second-order valence-electron chi connectivity index (χ2n) is 5.80. The molecule has 3 nitrogen and oxygen atoms in total. The standard InChI is InChI=1S/C16H21NO2S2/c1-2-17-15(10-12-7-9-21(18,19)11-12)14-5-3-4-13-6-8-20-16(13)14/h3-6,8,12,15,17H,2,7,9-11H2,1H3.